The number of benzene rings is 2. The number of carbonyl (C=O) groups excluding carboxylic acids is 2. The number of rotatable bonds is 9. The third-order valence-corrected chi connectivity index (χ3v) is 9.06. The summed E-state index contributed by atoms with van der Waals surface area (Å²) in [6.07, 6.45) is 4.35. The lowest BCUT2D eigenvalue weighted by molar-refractivity contribution is -0.137. The fourth-order valence-corrected chi connectivity index (χ4v) is 6.43. The second-order valence-electron chi connectivity index (χ2n) is 14.5. The quantitative estimate of drug-likeness (QED) is 0.312. The van der Waals surface area contributed by atoms with E-state index < -0.39 is 23.3 Å². The number of amides is 2. The number of nitrogens with zero attached hydrogens (tertiary/aromatic N) is 2. The Morgan fingerprint density at radius 3 is 2.20 bits per heavy atom. The van der Waals surface area contributed by atoms with E-state index in [9.17, 15) is 23.2 Å². The van der Waals surface area contributed by atoms with Crippen LogP contribution in [0.15, 0.2) is 47.5 Å². The number of aliphatic imine (C=N–C) groups is 1. The molecule has 1 aliphatic carbocycles. The summed E-state index contributed by atoms with van der Waals surface area (Å²) in [7, 11) is 0. The third kappa shape index (κ3) is 7.53. The minimum atomic E-state index is -1.02. The van der Waals surface area contributed by atoms with Crippen LogP contribution < -0.4 is 5.32 Å². The Kier molecular flexibility index (Phi) is 9.66. The standard InChI is InChI=1S/C35H45F2N3O4/c1-33(2,3)17-15-28(22-7-9-23(10-8-22)31(43)38-20-16-29(41)42)40-32(44)30(24-11-12-26(36)27(37)21-24)39-35(40)18-13-25(14-19-35)34(4,5)6/h7-12,21,25,28H,13-20H2,1-6H3,(H,38,43)(H,41,42). The van der Waals surface area contributed by atoms with E-state index >= 15 is 0 Å². The number of carboxylic acids is 1. The van der Waals surface area contributed by atoms with Crippen molar-refractivity contribution >= 4 is 23.5 Å². The smallest absolute Gasteiger partial charge is 0.305 e. The van der Waals surface area contributed by atoms with Crippen molar-refractivity contribution < 1.29 is 28.3 Å². The second kappa shape index (κ2) is 12.8. The van der Waals surface area contributed by atoms with Gasteiger partial charge in [-0.05, 0) is 91.2 Å². The molecule has 9 heteroatoms. The lowest BCUT2D eigenvalue weighted by atomic mass is 9.69. The molecule has 0 bridgehead atoms. The van der Waals surface area contributed by atoms with Crippen molar-refractivity contribution in [2.24, 2.45) is 21.7 Å². The molecule has 1 unspecified atom stereocenters. The molecule has 1 fully saturated rings. The van der Waals surface area contributed by atoms with Crippen molar-refractivity contribution in [1.82, 2.24) is 10.2 Å². The number of carbonyl (C=O) groups is 3. The Morgan fingerprint density at radius 1 is 1.02 bits per heavy atom. The van der Waals surface area contributed by atoms with E-state index in [0.29, 0.717) is 30.7 Å². The van der Waals surface area contributed by atoms with Gasteiger partial charge in [-0.1, -0.05) is 53.7 Å². The Labute approximate surface area is 259 Å². The molecule has 1 aliphatic heterocycles. The van der Waals surface area contributed by atoms with Crippen LogP contribution in [0.5, 0.6) is 0 Å². The van der Waals surface area contributed by atoms with Crippen LogP contribution in [0.2, 0.25) is 0 Å². The van der Waals surface area contributed by atoms with Crippen LogP contribution in [0.3, 0.4) is 0 Å². The minimum absolute atomic E-state index is 0.0220. The molecule has 2 aromatic carbocycles. The van der Waals surface area contributed by atoms with Gasteiger partial charge in [0, 0.05) is 17.7 Å². The Hall–Kier alpha value is -3.62. The van der Waals surface area contributed by atoms with Crippen LogP contribution in [-0.2, 0) is 9.59 Å². The Morgan fingerprint density at radius 2 is 1.66 bits per heavy atom. The summed E-state index contributed by atoms with van der Waals surface area (Å²) >= 11 is 0. The van der Waals surface area contributed by atoms with Crippen molar-refractivity contribution in [3.8, 4) is 0 Å². The van der Waals surface area contributed by atoms with E-state index in [-0.39, 0.29) is 52.9 Å². The molecule has 1 heterocycles. The molecule has 0 radical (unpaired) electrons. The molecule has 1 saturated carbocycles. The Bertz CT molecular complexity index is 1410. The zero-order valence-electron chi connectivity index (χ0n) is 26.7. The minimum Gasteiger partial charge on any atom is -0.481 e. The van der Waals surface area contributed by atoms with Gasteiger partial charge in [-0.15, -0.1) is 0 Å². The molecule has 44 heavy (non-hydrogen) atoms. The first-order valence-electron chi connectivity index (χ1n) is 15.5. The molecule has 2 aliphatic rings. The van der Waals surface area contributed by atoms with Crippen LogP contribution in [0.25, 0.3) is 0 Å². The van der Waals surface area contributed by atoms with Gasteiger partial charge in [0.25, 0.3) is 11.8 Å². The largest absolute Gasteiger partial charge is 0.481 e. The molecule has 7 nitrogen and oxygen atoms in total. The van der Waals surface area contributed by atoms with Crippen LogP contribution in [0.4, 0.5) is 8.78 Å². The predicted octanol–water partition coefficient (Wildman–Crippen LogP) is 7.30. The topological polar surface area (TPSA) is 99.1 Å². The molecule has 4 rings (SSSR count). The molecule has 1 spiro atoms. The van der Waals surface area contributed by atoms with Gasteiger partial charge in [-0.25, -0.2) is 8.78 Å². The maximum atomic E-state index is 14.4. The van der Waals surface area contributed by atoms with Gasteiger partial charge in [-0.2, -0.15) is 0 Å². The number of halogens is 2. The van der Waals surface area contributed by atoms with E-state index in [2.05, 4.69) is 46.9 Å². The molecule has 238 valence electrons. The lowest BCUT2D eigenvalue weighted by Crippen LogP contribution is -2.51. The molecule has 2 aromatic rings. The SMILES string of the molecule is CC(C)(C)CCC(c1ccc(C(=O)NCCC(=O)O)cc1)N1C(=O)C(c2ccc(F)c(F)c2)=NC12CCC(C(C)(C)C)CC2. The molecular weight excluding hydrogens is 564 g/mol. The van der Waals surface area contributed by atoms with Crippen LogP contribution in [-0.4, -0.2) is 45.7 Å². The summed E-state index contributed by atoms with van der Waals surface area (Å²) in [6.45, 7) is 13.2. The number of nitrogens with one attached hydrogen (secondary N) is 1. The normalized spacial score (nSPS) is 21.4. The lowest BCUT2D eigenvalue weighted by Gasteiger charge is -2.47. The van der Waals surface area contributed by atoms with Gasteiger partial charge in [0.2, 0.25) is 0 Å². The van der Waals surface area contributed by atoms with Gasteiger partial charge >= 0.3 is 5.97 Å². The summed E-state index contributed by atoms with van der Waals surface area (Å²) in [6, 6.07) is 10.2. The van der Waals surface area contributed by atoms with Gasteiger partial charge in [0.1, 0.15) is 11.4 Å². The summed E-state index contributed by atoms with van der Waals surface area (Å²) in [5, 5.41) is 11.5. The van der Waals surface area contributed by atoms with Crippen LogP contribution in [0, 0.1) is 28.4 Å². The first kappa shape index (κ1) is 33.3. The number of hydrogen-bond donors (Lipinski definition) is 2. The van der Waals surface area contributed by atoms with E-state index in [0.717, 1.165) is 37.0 Å². The maximum Gasteiger partial charge on any atom is 0.305 e. The monoisotopic (exact) mass is 609 g/mol. The number of aliphatic carboxylic acids is 1. The number of carboxylic acid groups (broad SMARTS) is 1. The first-order valence-corrected chi connectivity index (χ1v) is 15.5. The van der Waals surface area contributed by atoms with Gasteiger partial charge < -0.3 is 15.3 Å². The van der Waals surface area contributed by atoms with Gasteiger partial charge in [-0.3, -0.25) is 19.4 Å². The molecule has 1 atom stereocenters. The summed E-state index contributed by atoms with van der Waals surface area (Å²) in [5.41, 5.74) is 0.906. The van der Waals surface area contributed by atoms with Crippen molar-refractivity contribution in [3.05, 3.63) is 70.8 Å². The highest BCUT2D eigenvalue weighted by molar-refractivity contribution is 6.46. The van der Waals surface area contributed by atoms with Gasteiger partial charge in [0.05, 0.1) is 12.5 Å². The van der Waals surface area contributed by atoms with E-state index in [1.807, 2.05) is 17.0 Å². The highest BCUT2D eigenvalue weighted by Gasteiger charge is 2.52. The fraction of sp³-hybridized carbons (Fsp3) is 0.543. The van der Waals surface area contributed by atoms with E-state index in [1.165, 1.54) is 6.07 Å². The molecular formula is C35H45F2N3O4. The van der Waals surface area contributed by atoms with E-state index in [4.69, 9.17) is 10.1 Å². The fourth-order valence-electron chi connectivity index (χ4n) is 6.43. The summed E-state index contributed by atoms with van der Waals surface area (Å²) in [4.78, 5) is 44.8. The zero-order chi connectivity index (χ0) is 32.4. The van der Waals surface area contributed by atoms with Crippen molar-refractivity contribution in [2.45, 2.75) is 98.2 Å². The summed E-state index contributed by atoms with van der Waals surface area (Å²) < 4.78 is 28.2. The first-order chi connectivity index (χ1) is 20.5. The predicted molar refractivity (Wildman–Crippen MR) is 166 cm³/mol. The molecule has 2 N–H and O–H groups in total. The molecule has 2 amide bonds. The highest BCUT2D eigenvalue weighted by Crippen LogP contribution is 2.50. The molecule has 0 saturated heterocycles. The van der Waals surface area contributed by atoms with E-state index in [1.54, 1.807) is 12.1 Å². The van der Waals surface area contributed by atoms with Crippen molar-refractivity contribution in [3.63, 3.8) is 0 Å². The average molecular weight is 610 g/mol. The maximum absolute atomic E-state index is 14.4. The number of hydrogen-bond acceptors (Lipinski definition) is 4. The Balaban J connectivity index is 1.74. The van der Waals surface area contributed by atoms with Crippen LogP contribution >= 0.6 is 0 Å². The van der Waals surface area contributed by atoms with Gasteiger partial charge in [0.15, 0.2) is 11.6 Å². The molecule has 0 aromatic heterocycles. The third-order valence-electron chi connectivity index (χ3n) is 9.06. The zero-order valence-corrected chi connectivity index (χ0v) is 26.7. The second-order valence-corrected chi connectivity index (χ2v) is 14.5. The summed E-state index contributed by atoms with van der Waals surface area (Å²) in [5.74, 6) is -3.22. The average Bonchev–Trinajstić information content (AvgIpc) is 3.20. The van der Waals surface area contributed by atoms with Crippen molar-refractivity contribution in [1.29, 1.82) is 0 Å². The highest BCUT2D eigenvalue weighted by atomic mass is 19.2. The van der Waals surface area contributed by atoms with Crippen LogP contribution in [0.1, 0.15) is 114 Å². The van der Waals surface area contributed by atoms with Crippen molar-refractivity contribution in [2.75, 3.05) is 6.54 Å².